The van der Waals surface area contributed by atoms with E-state index in [2.05, 4.69) is 0 Å². The second kappa shape index (κ2) is 6.86. The van der Waals surface area contributed by atoms with Gasteiger partial charge in [-0.1, -0.05) is 0 Å². The summed E-state index contributed by atoms with van der Waals surface area (Å²) in [5.74, 6) is -2.63. The lowest BCUT2D eigenvalue weighted by atomic mass is 10.0. The molecule has 0 saturated carbocycles. The molecule has 0 saturated heterocycles. The Hall–Kier alpha value is -1.14. The van der Waals surface area contributed by atoms with Crippen LogP contribution < -0.4 is 0 Å². The summed E-state index contributed by atoms with van der Waals surface area (Å²) in [7, 11) is 0. The van der Waals surface area contributed by atoms with Crippen molar-refractivity contribution in [3.8, 4) is 0 Å². The highest BCUT2D eigenvalue weighted by molar-refractivity contribution is 5.94. The van der Waals surface area contributed by atoms with E-state index in [1.807, 2.05) is 0 Å². The van der Waals surface area contributed by atoms with Crippen LogP contribution in [0, 0.1) is 5.92 Å². The lowest BCUT2D eigenvalue weighted by Gasteiger charge is -2.26. The van der Waals surface area contributed by atoms with Crippen LogP contribution in [0.5, 0.6) is 0 Å². The molecule has 6 nitrogen and oxygen atoms in total. The Balaban J connectivity index is 4.45. The standard InChI is InChI=1S/C13H24O6/c1-7(11(15)18-9(3)8(2)14)12(16)19-10(4)13(5,6)17/h7-10,14,17H,1-6H3. The number of rotatable bonds is 6. The SMILES string of the molecule is CC(C(=O)OC(C)C(C)O)C(=O)OC(C)C(C)(C)O. The molecule has 2 N–H and O–H groups in total. The maximum absolute atomic E-state index is 11.7. The molecule has 19 heavy (non-hydrogen) atoms. The predicted octanol–water partition coefficient (Wildman–Crippen LogP) is 0.638. The van der Waals surface area contributed by atoms with Gasteiger partial charge in [-0.05, 0) is 41.5 Å². The quantitative estimate of drug-likeness (QED) is 0.546. The molecule has 0 aliphatic carbocycles. The summed E-state index contributed by atoms with van der Waals surface area (Å²) in [6.45, 7) is 8.91. The van der Waals surface area contributed by atoms with Crippen LogP contribution in [0.25, 0.3) is 0 Å². The number of ether oxygens (including phenoxy) is 2. The third-order valence-corrected chi connectivity index (χ3v) is 2.98. The predicted molar refractivity (Wildman–Crippen MR) is 68.3 cm³/mol. The molecule has 0 radical (unpaired) electrons. The summed E-state index contributed by atoms with van der Waals surface area (Å²) in [6.07, 6.45) is -2.26. The highest BCUT2D eigenvalue weighted by Crippen LogP contribution is 2.15. The molecule has 0 amide bonds. The molecule has 0 heterocycles. The second-order valence-corrected chi connectivity index (χ2v) is 5.34. The zero-order valence-corrected chi connectivity index (χ0v) is 12.3. The second-order valence-electron chi connectivity index (χ2n) is 5.34. The average Bonchev–Trinajstić information content (AvgIpc) is 2.25. The van der Waals surface area contributed by atoms with Crippen molar-refractivity contribution in [1.82, 2.24) is 0 Å². The summed E-state index contributed by atoms with van der Waals surface area (Å²) in [5, 5.41) is 18.9. The molecule has 0 bridgehead atoms. The molecule has 0 aliphatic heterocycles. The number of aliphatic hydroxyl groups is 2. The molecule has 0 aromatic heterocycles. The number of aliphatic hydroxyl groups excluding tert-OH is 1. The summed E-state index contributed by atoms with van der Waals surface area (Å²) < 4.78 is 9.90. The minimum absolute atomic E-state index is 0.700. The van der Waals surface area contributed by atoms with Crippen molar-refractivity contribution in [1.29, 1.82) is 0 Å². The molecule has 6 heteroatoms. The van der Waals surface area contributed by atoms with Gasteiger partial charge < -0.3 is 19.7 Å². The van der Waals surface area contributed by atoms with Gasteiger partial charge in [-0.2, -0.15) is 0 Å². The summed E-state index contributed by atoms with van der Waals surface area (Å²) in [5.41, 5.74) is -1.19. The summed E-state index contributed by atoms with van der Waals surface area (Å²) in [6, 6.07) is 0. The van der Waals surface area contributed by atoms with Gasteiger partial charge in [0.05, 0.1) is 11.7 Å². The van der Waals surface area contributed by atoms with Crippen molar-refractivity contribution in [2.24, 2.45) is 5.92 Å². The van der Waals surface area contributed by atoms with Gasteiger partial charge in [-0.3, -0.25) is 9.59 Å². The highest BCUT2D eigenvalue weighted by atomic mass is 16.6. The Morgan fingerprint density at radius 1 is 1.00 bits per heavy atom. The Morgan fingerprint density at radius 2 is 1.42 bits per heavy atom. The van der Waals surface area contributed by atoms with E-state index in [0.29, 0.717) is 0 Å². The Bertz CT molecular complexity index is 318. The summed E-state index contributed by atoms with van der Waals surface area (Å²) >= 11 is 0. The average molecular weight is 276 g/mol. The largest absolute Gasteiger partial charge is 0.459 e. The normalized spacial score (nSPS) is 18.1. The van der Waals surface area contributed by atoms with E-state index in [1.165, 1.54) is 41.5 Å². The lowest BCUT2D eigenvalue weighted by Crippen LogP contribution is -2.40. The maximum Gasteiger partial charge on any atom is 0.320 e. The van der Waals surface area contributed by atoms with Crippen LogP contribution in [-0.2, 0) is 19.1 Å². The van der Waals surface area contributed by atoms with E-state index in [4.69, 9.17) is 9.47 Å². The van der Waals surface area contributed by atoms with Gasteiger partial charge in [-0.25, -0.2) is 0 Å². The first kappa shape index (κ1) is 17.9. The van der Waals surface area contributed by atoms with Crippen molar-refractivity contribution < 1.29 is 29.3 Å². The first-order valence-corrected chi connectivity index (χ1v) is 6.28. The van der Waals surface area contributed by atoms with Crippen molar-refractivity contribution in [3.63, 3.8) is 0 Å². The first-order valence-electron chi connectivity index (χ1n) is 6.28. The van der Waals surface area contributed by atoms with E-state index < -0.39 is 41.8 Å². The molecule has 0 aromatic rings. The minimum atomic E-state index is -1.19. The van der Waals surface area contributed by atoms with Gasteiger partial charge in [-0.15, -0.1) is 0 Å². The molecule has 0 aliphatic rings. The molecular weight excluding hydrogens is 252 g/mol. The van der Waals surface area contributed by atoms with Crippen LogP contribution >= 0.6 is 0 Å². The smallest absolute Gasteiger partial charge is 0.320 e. The molecular formula is C13H24O6. The van der Waals surface area contributed by atoms with E-state index >= 15 is 0 Å². The van der Waals surface area contributed by atoms with Crippen molar-refractivity contribution in [2.45, 2.75) is 65.5 Å². The third-order valence-electron chi connectivity index (χ3n) is 2.98. The number of hydrogen-bond donors (Lipinski definition) is 2. The fourth-order valence-corrected chi connectivity index (χ4v) is 0.900. The van der Waals surface area contributed by atoms with E-state index in [0.717, 1.165) is 0 Å². The van der Waals surface area contributed by atoms with Crippen molar-refractivity contribution in [2.75, 3.05) is 0 Å². The number of carbonyl (C=O) groups excluding carboxylic acids is 2. The minimum Gasteiger partial charge on any atom is -0.459 e. The molecule has 0 fully saturated rings. The molecule has 112 valence electrons. The van der Waals surface area contributed by atoms with Crippen LogP contribution in [0.15, 0.2) is 0 Å². The molecule has 0 aromatic carbocycles. The molecule has 4 unspecified atom stereocenters. The first-order chi connectivity index (χ1) is 8.46. The topological polar surface area (TPSA) is 93.1 Å². The monoisotopic (exact) mass is 276 g/mol. The zero-order chi connectivity index (χ0) is 15.4. The van der Waals surface area contributed by atoms with Crippen molar-refractivity contribution >= 4 is 11.9 Å². The fraction of sp³-hybridized carbons (Fsp3) is 0.846. The van der Waals surface area contributed by atoms with Crippen molar-refractivity contribution in [3.05, 3.63) is 0 Å². The maximum atomic E-state index is 11.7. The molecule has 0 rings (SSSR count). The number of carbonyl (C=O) groups is 2. The number of hydrogen-bond acceptors (Lipinski definition) is 6. The van der Waals surface area contributed by atoms with Gasteiger partial charge >= 0.3 is 11.9 Å². The molecule has 4 atom stereocenters. The van der Waals surface area contributed by atoms with Gasteiger partial charge in [0.15, 0.2) is 5.92 Å². The lowest BCUT2D eigenvalue weighted by molar-refractivity contribution is -0.175. The van der Waals surface area contributed by atoms with E-state index in [-0.39, 0.29) is 0 Å². The van der Waals surface area contributed by atoms with Gasteiger partial charge in [0, 0.05) is 0 Å². The molecule has 0 spiro atoms. The Kier molecular flexibility index (Phi) is 6.45. The van der Waals surface area contributed by atoms with Gasteiger partial charge in [0.2, 0.25) is 0 Å². The third kappa shape index (κ3) is 6.02. The highest BCUT2D eigenvalue weighted by Gasteiger charge is 2.32. The van der Waals surface area contributed by atoms with Crippen LogP contribution in [0.4, 0.5) is 0 Å². The van der Waals surface area contributed by atoms with E-state index in [9.17, 15) is 19.8 Å². The zero-order valence-electron chi connectivity index (χ0n) is 12.3. The van der Waals surface area contributed by atoms with Crippen LogP contribution in [0.2, 0.25) is 0 Å². The van der Waals surface area contributed by atoms with Gasteiger partial charge in [0.1, 0.15) is 12.2 Å². The van der Waals surface area contributed by atoms with E-state index in [1.54, 1.807) is 0 Å². The Morgan fingerprint density at radius 3 is 1.79 bits per heavy atom. The van der Waals surface area contributed by atoms with Crippen LogP contribution in [-0.4, -0.2) is 46.1 Å². The Labute approximate surface area is 113 Å². The van der Waals surface area contributed by atoms with Crippen LogP contribution in [0.1, 0.15) is 41.5 Å². The fourth-order valence-electron chi connectivity index (χ4n) is 0.900. The van der Waals surface area contributed by atoms with Crippen LogP contribution in [0.3, 0.4) is 0 Å². The summed E-state index contributed by atoms with van der Waals surface area (Å²) in [4.78, 5) is 23.3. The number of esters is 2. The van der Waals surface area contributed by atoms with Gasteiger partial charge in [0.25, 0.3) is 0 Å².